The molecule has 54 heavy (non-hydrogen) atoms. The fourth-order valence-electron chi connectivity index (χ4n) is 5.13. The molecule has 0 aliphatic rings. The maximum Gasteiger partial charge on any atom is 0.341 e. The molecule has 0 spiro atoms. The average molecular weight is 763 g/mol. The molecule has 276 valence electrons. The minimum Gasteiger partial charge on any atom is -0.497 e. The quantitative estimate of drug-likeness (QED) is 0.0505. The van der Waals surface area contributed by atoms with Gasteiger partial charge >= 0.3 is 5.97 Å². The van der Waals surface area contributed by atoms with E-state index in [1.165, 1.54) is 18.9 Å². The summed E-state index contributed by atoms with van der Waals surface area (Å²) < 4.78 is 10.6. The topological polar surface area (TPSA) is 152 Å². The molecule has 0 aliphatic heterocycles. The van der Waals surface area contributed by atoms with E-state index in [4.69, 9.17) is 9.47 Å². The van der Waals surface area contributed by atoms with E-state index in [1.54, 1.807) is 130 Å². The van der Waals surface area contributed by atoms with E-state index in [0.717, 1.165) is 11.3 Å². The number of hydrogen-bond acceptors (Lipinski definition) is 9. The maximum atomic E-state index is 13.6. The molecule has 0 bridgehead atoms. The fourth-order valence-corrected chi connectivity index (χ4v) is 7.15. The van der Waals surface area contributed by atoms with E-state index in [2.05, 4.69) is 21.3 Å². The van der Waals surface area contributed by atoms with Gasteiger partial charge in [-0.05, 0) is 92.6 Å². The van der Waals surface area contributed by atoms with Gasteiger partial charge in [0, 0.05) is 21.8 Å². The molecule has 1 atom stereocenters. The van der Waals surface area contributed by atoms with E-state index in [-0.39, 0.29) is 27.7 Å². The highest BCUT2D eigenvalue weighted by molar-refractivity contribution is 8.00. The van der Waals surface area contributed by atoms with Gasteiger partial charge in [0.05, 0.1) is 29.4 Å². The highest BCUT2D eigenvalue weighted by atomic mass is 32.2. The third-order valence-electron chi connectivity index (χ3n) is 7.81. The first-order valence-corrected chi connectivity index (χ1v) is 18.5. The molecule has 0 saturated heterocycles. The lowest BCUT2D eigenvalue weighted by Gasteiger charge is -2.14. The maximum absolute atomic E-state index is 13.6. The smallest absolute Gasteiger partial charge is 0.341 e. The molecule has 4 N–H and O–H groups in total. The average Bonchev–Trinajstić information content (AvgIpc) is 3.50. The number of anilines is 3. The summed E-state index contributed by atoms with van der Waals surface area (Å²) in [5, 5.41) is 10.8. The Bertz CT molecular complexity index is 2190. The number of nitrogens with one attached hydrogen (secondary N) is 4. The summed E-state index contributed by atoms with van der Waals surface area (Å²) in [5.41, 5.74) is 2.54. The first-order chi connectivity index (χ1) is 26.1. The third-order valence-corrected chi connectivity index (χ3v) is 10.1. The number of carbonyl (C=O) groups is 5. The molecule has 4 amide bonds. The lowest BCUT2D eigenvalue weighted by molar-refractivity contribution is -0.115. The fraction of sp³-hybridized carbons (Fsp3) is 0.146. The van der Waals surface area contributed by atoms with Crippen LogP contribution in [0.5, 0.6) is 5.75 Å². The number of thioether (sulfide) groups is 1. The number of thiophene rings is 1. The van der Waals surface area contributed by atoms with Gasteiger partial charge in [-0.15, -0.1) is 23.1 Å². The predicted molar refractivity (Wildman–Crippen MR) is 213 cm³/mol. The van der Waals surface area contributed by atoms with E-state index in [1.807, 2.05) is 6.07 Å². The number of carbonyl (C=O) groups excluding carboxylic acids is 5. The van der Waals surface area contributed by atoms with Crippen LogP contribution < -0.4 is 26.0 Å². The van der Waals surface area contributed by atoms with Gasteiger partial charge in [0.2, 0.25) is 5.91 Å². The zero-order valence-corrected chi connectivity index (χ0v) is 31.6. The standard InChI is InChI=1S/C41H38N4O7S2/c1-5-52-41(50)34-25(2)35(39(49)42-29-17-10-7-11-18-29)54-40(34)45-36(46)26(3)53-32-21-13-19-30(24-32)43-38(48)33(23-27-14-12-20-31(22-27)51-4)44-37(47)28-15-8-6-9-16-28/h6-24,26H,5H2,1-4H3,(H,42,49)(H,43,48)(H,44,47)(H,45,46)/b33-23-. The van der Waals surface area contributed by atoms with Gasteiger partial charge in [-0.25, -0.2) is 4.79 Å². The number of para-hydroxylation sites is 1. The van der Waals surface area contributed by atoms with Crippen molar-refractivity contribution in [1.82, 2.24) is 5.32 Å². The molecule has 5 rings (SSSR count). The molecule has 0 aliphatic carbocycles. The number of hydrogen-bond donors (Lipinski definition) is 4. The Kier molecular flexibility index (Phi) is 13.4. The molecular formula is C41H38N4O7S2. The van der Waals surface area contributed by atoms with Gasteiger partial charge in [-0.2, -0.15) is 0 Å². The van der Waals surface area contributed by atoms with Gasteiger partial charge < -0.3 is 30.7 Å². The zero-order valence-electron chi connectivity index (χ0n) is 29.9. The summed E-state index contributed by atoms with van der Waals surface area (Å²) >= 11 is 2.22. The molecule has 1 aromatic heterocycles. The molecule has 4 aromatic carbocycles. The van der Waals surface area contributed by atoms with Gasteiger partial charge in [-0.3, -0.25) is 19.2 Å². The molecule has 11 nitrogen and oxygen atoms in total. The van der Waals surface area contributed by atoms with Crippen molar-refractivity contribution in [3.05, 3.63) is 142 Å². The Labute approximate surface area is 321 Å². The van der Waals surface area contributed by atoms with Crippen LogP contribution in [0.1, 0.15) is 55.4 Å². The van der Waals surface area contributed by atoms with Crippen LogP contribution in [0.4, 0.5) is 16.4 Å². The van der Waals surface area contributed by atoms with Crippen LogP contribution >= 0.6 is 23.1 Å². The lowest BCUT2D eigenvalue weighted by Crippen LogP contribution is -2.30. The number of rotatable bonds is 14. The van der Waals surface area contributed by atoms with Crippen LogP contribution in [0.15, 0.2) is 120 Å². The van der Waals surface area contributed by atoms with Gasteiger partial charge in [0.25, 0.3) is 17.7 Å². The zero-order chi connectivity index (χ0) is 38.6. The van der Waals surface area contributed by atoms with Crippen molar-refractivity contribution < 1.29 is 33.4 Å². The Balaban J connectivity index is 1.31. The Morgan fingerprint density at radius 3 is 2.19 bits per heavy atom. The molecule has 0 saturated carbocycles. The summed E-state index contributed by atoms with van der Waals surface area (Å²) in [6, 6.07) is 31.4. The van der Waals surface area contributed by atoms with Crippen LogP contribution in [0.25, 0.3) is 6.08 Å². The third kappa shape index (κ3) is 10.2. The van der Waals surface area contributed by atoms with Crippen molar-refractivity contribution in [3.8, 4) is 5.75 Å². The summed E-state index contributed by atoms with van der Waals surface area (Å²) in [6.07, 6.45) is 1.55. The van der Waals surface area contributed by atoms with Crippen molar-refractivity contribution in [2.24, 2.45) is 0 Å². The molecule has 1 heterocycles. The van der Waals surface area contributed by atoms with E-state index in [0.29, 0.717) is 38.7 Å². The summed E-state index contributed by atoms with van der Waals surface area (Å²) in [7, 11) is 1.54. The second kappa shape index (κ2) is 18.5. The van der Waals surface area contributed by atoms with Gasteiger partial charge in [0.1, 0.15) is 16.4 Å². The second-order valence-electron chi connectivity index (χ2n) is 11.7. The minimum absolute atomic E-state index is 0.00312. The monoisotopic (exact) mass is 762 g/mol. The first kappa shape index (κ1) is 39.0. The lowest BCUT2D eigenvalue weighted by atomic mass is 10.1. The van der Waals surface area contributed by atoms with Crippen LogP contribution in [-0.2, 0) is 14.3 Å². The highest BCUT2D eigenvalue weighted by Crippen LogP contribution is 2.35. The summed E-state index contributed by atoms with van der Waals surface area (Å²) in [6.45, 7) is 5.13. The minimum atomic E-state index is -0.663. The van der Waals surface area contributed by atoms with Crippen LogP contribution in [0.3, 0.4) is 0 Å². The van der Waals surface area contributed by atoms with Crippen LogP contribution in [0, 0.1) is 6.92 Å². The second-order valence-corrected chi connectivity index (χ2v) is 14.1. The largest absolute Gasteiger partial charge is 0.497 e. The molecule has 5 aromatic rings. The van der Waals surface area contributed by atoms with Crippen LogP contribution in [-0.4, -0.2) is 48.6 Å². The number of ether oxygens (including phenoxy) is 2. The van der Waals surface area contributed by atoms with E-state index < -0.39 is 34.8 Å². The number of methoxy groups -OCH3 is 1. The van der Waals surface area contributed by atoms with Gasteiger partial charge in [-0.1, -0.05) is 54.6 Å². The van der Waals surface area contributed by atoms with Crippen molar-refractivity contribution in [3.63, 3.8) is 0 Å². The summed E-state index contributed by atoms with van der Waals surface area (Å²) in [5.74, 6) is -1.92. The molecule has 0 radical (unpaired) electrons. The van der Waals surface area contributed by atoms with Crippen molar-refractivity contribution in [2.75, 3.05) is 29.7 Å². The molecule has 13 heteroatoms. The normalized spacial score (nSPS) is 11.5. The number of amides is 4. The van der Waals surface area contributed by atoms with E-state index in [9.17, 15) is 24.0 Å². The first-order valence-electron chi connectivity index (χ1n) is 16.8. The predicted octanol–water partition coefficient (Wildman–Crippen LogP) is 8.02. The van der Waals surface area contributed by atoms with Gasteiger partial charge in [0.15, 0.2) is 0 Å². The molecule has 0 fully saturated rings. The Morgan fingerprint density at radius 1 is 0.796 bits per heavy atom. The number of esters is 1. The SMILES string of the molecule is CCOC(=O)c1c(NC(=O)C(C)Sc2cccc(NC(=O)/C(=C/c3cccc(OC)c3)NC(=O)c3ccccc3)c2)sc(C(=O)Nc2ccccc2)c1C. The Morgan fingerprint density at radius 2 is 1.48 bits per heavy atom. The van der Waals surface area contributed by atoms with E-state index >= 15 is 0 Å². The molecule has 1 unspecified atom stereocenters. The number of benzene rings is 4. The Hall–Kier alpha value is -6.18. The van der Waals surface area contributed by atoms with Crippen molar-refractivity contribution in [1.29, 1.82) is 0 Å². The van der Waals surface area contributed by atoms with Crippen molar-refractivity contribution >= 4 is 75.1 Å². The van der Waals surface area contributed by atoms with Crippen LogP contribution in [0.2, 0.25) is 0 Å². The summed E-state index contributed by atoms with van der Waals surface area (Å²) in [4.78, 5) is 67.3. The highest BCUT2D eigenvalue weighted by Gasteiger charge is 2.28. The van der Waals surface area contributed by atoms with Crippen molar-refractivity contribution in [2.45, 2.75) is 30.9 Å². The molecular weight excluding hydrogens is 725 g/mol.